The number of epoxide rings is 1. The minimum Gasteiger partial charge on any atom is -0.497 e. The van der Waals surface area contributed by atoms with E-state index in [2.05, 4.69) is 39.0 Å². The summed E-state index contributed by atoms with van der Waals surface area (Å²) in [6.45, 7) is 6.70. The zero-order valence-electron chi connectivity index (χ0n) is 11.9. The standard InChI is InChI=1S/C16H24O2/c1-5-12-10-13(17-4)7-8-14(12)11(3)9-16-15(6-2)18-16/h7-8,10-11,15-16H,5-6,9H2,1-4H3. The Hall–Kier alpha value is -1.02. The highest BCUT2D eigenvalue weighted by atomic mass is 16.6. The highest BCUT2D eigenvalue weighted by Gasteiger charge is 2.37. The van der Waals surface area contributed by atoms with Crippen LogP contribution in [0.5, 0.6) is 5.75 Å². The fourth-order valence-corrected chi connectivity index (χ4v) is 2.72. The summed E-state index contributed by atoms with van der Waals surface area (Å²) in [5.74, 6) is 1.52. The molecule has 2 rings (SSSR count). The quantitative estimate of drug-likeness (QED) is 0.711. The molecule has 3 atom stereocenters. The van der Waals surface area contributed by atoms with E-state index in [-0.39, 0.29) is 0 Å². The normalized spacial score (nSPS) is 23.8. The van der Waals surface area contributed by atoms with Crippen LogP contribution in [0.25, 0.3) is 0 Å². The first kappa shape index (κ1) is 13.4. The fraction of sp³-hybridized carbons (Fsp3) is 0.625. The molecular weight excluding hydrogens is 224 g/mol. The highest BCUT2D eigenvalue weighted by Crippen LogP contribution is 2.36. The van der Waals surface area contributed by atoms with E-state index in [1.54, 1.807) is 7.11 Å². The number of hydrogen-bond donors (Lipinski definition) is 0. The molecule has 0 amide bonds. The van der Waals surface area contributed by atoms with Crippen LogP contribution in [0.3, 0.4) is 0 Å². The molecule has 1 saturated heterocycles. The van der Waals surface area contributed by atoms with Crippen molar-refractivity contribution in [2.45, 2.75) is 58.2 Å². The van der Waals surface area contributed by atoms with Gasteiger partial charge in [-0.1, -0.05) is 26.8 Å². The lowest BCUT2D eigenvalue weighted by atomic mass is 9.90. The van der Waals surface area contributed by atoms with Gasteiger partial charge >= 0.3 is 0 Å². The number of hydrogen-bond acceptors (Lipinski definition) is 2. The Bertz CT molecular complexity index is 400. The molecule has 1 aliphatic rings. The zero-order valence-corrected chi connectivity index (χ0v) is 11.9. The first-order valence-electron chi connectivity index (χ1n) is 7.01. The van der Waals surface area contributed by atoms with Crippen molar-refractivity contribution in [3.63, 3.8) is 0 Å². The summed E-state index contributed by atoms with van der Waals surface area (Å²) < 4.78 is 10.9. The van der Waals surface area contributed by atoms with Gasteiger partial charge in [-0.2, -0.15) is 0 Å². The molecule has 1 aromatic rings. The molecule has 0 spiro atoms. The van der Waals surface area contributed by atoms with E-state index in [1.165, 1.54) is 11.1 Å². The van der Waals surface area contributed by atoms with Gasteiger partial charge in [0.05, 0.1) is 19.3 Å². The summed E-state index contributed by atoms with van der Waals surface area (Å²) in [5.41, 5.74) is 2.85. The van der Waals surface area contributed by atoms with E-state index in [9.17, 15) is 0 Å². The molecule has 1 aromatic carbocycles. The van der Waals surface area contributed by atoms with E-state index >= 15 is 0 Å². The Labute approximate surface area is 110 Å². The molecule has 1 aliphatic heterocycles. The average molecular weight is 248 g/mol. The molecule has 0 radical (unpaired) electrons. The van der Waals surface area contributed by atoms with Crippen molar-refractivity contribution in [1.82, 2.24) is 0 Å². The second-order valence-corrected chi connectivity index (χ2v) is 5.18. The molecular formula is C16H24O2. The number of aryl methyl sites for hydroxylation is 1. The predicted octanol–water partition coefficient (Wildman–Crippen LogP) is 3.93. The van der Waals surface area contributed by atoms with E-state index < -0.39 is 0 Å². The van der Waals surface area contributed by atoms with E-state index in [4.69, 9.17) is 9.47 Å². The first-order chi connectivity index (χ1) is 8.69. The topological polar surface area (TPSA) is 21.8 Å². The van der Waals surface area contributed by atoms with Gasteiger partial charge in [-0.05, 0) is 48.4 Å². The van der Waals surface area contributed by atoms with Crippen LogP contribution in [0.4, 0.5) is 0 Å². The van der Waals surface area contributed by atoms with Crippen LogP contribution >= 0.6 is 0 Å². The maximum Gasteiger partial charge on any atom is 0.119 e. The van der Waals surface area contributed by atoms with Gasteiger partial charge < -0.3 is 9.47 Å². The van der Waals surface area contributed by atoms with Crippen molar-refractivity contribution < 1.29 is 9.47 Å². The van der Waals surface area contributed by atoms with Crippen molar-refractivity contribution in [2.24, 2.45) is 0 Å². The summed E-state index contributed by atoms with van der Waals surface area (Å²) in [5, 5.41) is 0. The number of rotatable bonds is 6. The van der Waals surface area contributed by atoms with Crippen LogP contribution in [0, 0.1) is 0 Å². The molecule has 18 heavy (non-hydrogen) atoms. The second-order valence-electron chi connectivity index (χ2n) is 5.18. The van der Waals surface area contributed by atoms with Gasteiger partial charge in [0.1, 0.15) is 5.75 Å². The summed E-state index contributed by atoms with van der Waals surface area (Å²) in [6.07, 6.45) is 4.32. The molecule has 0 aromatic heterocycles. The lowest BCUT2D eigenvalue weighted by Crippen LogP contribution is -2.04. The molecule has 0 aliphatic carbocycles. The van der Waals surface area contributed by atoms with Gasteiger partial charge in [0.2, 0.25) is 0 Å². The molecule has 2 heteroatoms. The van der Waals surface area contributed by atoms with Crippen LogP contribution in [0.1, 0.15) is 50.7 Å². The molecule has 1 fully saturated rings. The van der Waals surface area contributed by atoms with Crippen molar-refractivity contribution in [1.29, 1.82) is 0 Å². The van der Waals surface area contributed by atoms with Crippen LogP contribution in [0.2, 0.25) is 0 Å². The van der Waals surface area contributed by atoms with Crippen molar-refractivity contribution in [2.75, 3.05) is 7.11 Å². The minimum absolute atomic E-state index is 0.483. The molecule has 1 heterocycles. The van der Waals surface area contributed by atoms with Crippen molar-refractivity contribution in [3.8, 4) is 5.75 Å². The van der Waals surface area contributed by atoms with Crippen molar-refractivity contribution in [3.05, 3.63) is 29.3 Å². The molecule has 0 saturated carbocycles. The molecule has 0 N–H and O–H groups in total. The summed E-state index contributed by atoms with van der Waals surface area (Å²) >= 11 is 0. The Morgan fingerprint density at radius 2 is 2.06 bits per heavy atom. The Kier molecular flexibility index (Phi) is 4.28. The van der Waals surface area contributed by atoms with Crippen LogP contribution < -0.4 is 4.74 Å². The van der Waals surface area contributed by atoms with Crippen LogP contribution in [-0.4, -0.2) is 19.3 Å². The van der Waals surface area contributed by atoms with Crippen LogP contribution in [0.15, 0.2) is 18.2 Å². The van der Waals surface area contributed by atoms with Crippen molar-refractivity contribution >= 4 is 0 Å². The monoisotopic (exact) mass is 248 g/mol. The highest BCUT2D eigenvalue weighted by molar-refractivity contribution is 5.37. The van der Waals surface area contributed by atoms with Gasteiger partial charge in [0, 0.05) is 0 Å². The largest absolute Gasteiger partial charge is 0.497 e. The number of ether oxygens (including phenoxy) is 2. The average Bonchev–Trinajstić information content (AvgIpc) is 3.16. The summed E-state index contributed by atoms with van der Waals surface area (Å²) in [7, 11) is 1.72. The zero-order chi connectivity index (χ0) is 13.1. The van der Waals surface area contributed by atoms with Gasteiger partial charge in [0.15, 0.2) is 0 Å². The Balaban J connectivity index is 2.07. The van der Waals surface area contributed by atoms with Gasteiger partial charge in [-0.15, -0.1) is 0 Å². The molecule has 0 bridgehead atoms. The number of benzene rings is 1. The van der Waals surface area contributed by atoms with E-state index in [0.29, 0.717) is 18.1 Å². The maximum absolute atomic E-state index is 5.65. The maximum atomic E-state index is 5.65. The second kappa shape index (κ2) is 5.75. The first-order valence-corrected chi connectivity index (χ1v) is 7.01. The Morgan fingerprint density at radius 3 is 2.61 bits per heavy atom. The van der Waals surface area contributed by atoms with Crippen LogP contribution in [-0.2, 0) is 11.2 Å². The predicted molar refractivity (Wildman–Crippen MR) is 74.4 cm³/mol. The van der Waals surface area contributed by atoms with Gasteiger partial charge in [0.25, 0.3) is 0 Å². The minimum atomic E-state index is 0.483. The fourth-order valence-electron chi connectivity index (χ4n) is 2.72. The SMILES string of the molecule is CCc1cc(OC)ccc1C(C)CC1OC1CC. The summed E-state index contributed by atoms with van der Waals surface area (Å²) in [4.78, 5) is 0. The lowest BCUT2D eigenvalue weighted by Gasteiger charge is -2.16. The third-order valence-electron chi connectivity index (χ3n) is 3.94. The third kappa shape index (κ3) is 2.86. The summed E-state index contributed by atoms with van der Waals surface area (Å²) in [6, 6.07) is 6.44. The number of methoxy groups -OCH3 is 1. The van der Waals surface area contributed by atoms with E-state index in [1.807, 2.05) is 0 Å². The lowest BCUT2D eigenvalue weighted by molar-refractivity contribution is 0.352. The van der Waals surface area contributed by atoms with Gasteiger partial charge in [-0.3, -0.25) is 0 Å². The van der Waals surface area contributed by atoms with Gasteiger partial charge in [-0.25, -0.2) is 0 Å². The third-order valence-corrected chi connectivity index (χ3v) is 3.94. The smallest absolute Gasteiger partial charge is 0.119 e. The molecule has 100 valence electrons. The van der Waals surface area contributed by atoms with E-state index in [0.717, 1.165) is 25.0 Å². The Morgan fingerprint density at radius 1 is 1.28 bits per heavy atom. The molecule has 3 unspecified atom stereocenters. The molecule has 2 nitrogen and oxygen atoms in total.